The van der Waals surface area contributed by atoms with Crippen LogP contribution < -0.4 is 4.74 Å². The second kappa shape index (κ2) is 8.86. The van der Waals surface area contributed by atoms with Gasteiger partial charge in [-0.05, 0) is 36.6 Å². The lowest BCUT2D eigenvalue weighted by atomic mass is 10.1. The summed E-state index contributed by atoms with van der Waals surface area (Å²) in [4.78, 5) is 14.5. The van der Waals surface area contributed by atoms with E-state index in [1.54, 1.807) is 24.1 Å². The van der Waals surface area contributed by atoms with E-state index in [1.165, 1.54) is 4.31 Å². The number of hydrogen-bond acceptors (Lipinski definition) is 6. The highest BCUT2D eigenvalue weighted by molar-refractivity contribution is 7.84. The SMILES string of the molecule is COc1ccc(CN2[C@H]3C[C@@H](C)N(C(=O)OCc4ccccc4)[C@H]3COS2(=O)=O)cc1. The smallest absolute Gasteiger partial charge is 0.410 e. The Morgan fingerprint density at radius 3 is 2.45 bits per heavy atom. The average molecular weight is 447 g/mol. The van der Waals surface area contributed by atoms with Crippen LogP contribution in [0.3, 0.4) is 0 Å². The van der Waals surface area contributed by atoms with Crippen molar-refractivity contribution < 1.29 is 26.9 Å². The molecule has 2 aromatic rings. The minimum Gasteiger partial charge on any atom is -0.497 e. The second-order valence-corrected chi connectivity index (χ2v) is 9.36. The summed E-state index contributed by atoms with van der Waals surface area (Å²) < 4.78 is 42.6. The van der Waals surface area contributed by atoms with E-state index in [0.29, 0.717) is 12.2 Å². The highest BCUT2D eigenvalue weighted by Crippen LogP contribution is 2.36. The van der Waals surface area contributed by atoms with Crippen LogP contribution in [-0.2, 0) is 32.4 Å². The maximum atomic E-state index is 12.8. The first kappa shape index (κ1) is 21.6. The van der Waals surface area contributed by atoms with E-state index >= 15 is 0 Å². The average Bonchev–Trinajstić information content (AvgIpc) is 3.11. The molecule has 1 amide bonds. The second-order valence-electron chi connectivity index (χ2n) is 7.80. The molecule has 2 aliphatic heterocycles. The van der Waals surface area contributed by atoms with Crippen LogP contribution in [0.2, 0.25) is 0 Å². The maximum Gasteiger partial charge on any atom is 0.410 e. The molecule has 2 aliphatic rings. The predicted molar refractivity (Wildman–Crippen MR) is 114 cm³/mol. The molecule has 0 radical (unpaired) electrons. The molecule has 4 rings (SSSR count). The van der Waals surface area contributed by atoms with E-state index in [1.807, 2.05) is 49.4 Å². The van der Waals surface area contributed by atoms with Crippen molar-refractivity contribution in [3.63, 3.8) is 0 Å². The fraction of sp³-hybridized carbons (Fsp3) is 0.409. The van der Waals surface area contributed by atoms with Crippen molar-refractivity contribution in [2.45, 2.75) is 44.6 Å². The van der Waals surface area contributed by atoms with Crippen molar-refractivity contribution in [2.24, 2.45) is 0 Å². The molecule has 0 aliphatic carbocycles. The zero-order valence-electron chi connectivity index (χ0n) is 17.5. The van der Waals surface area contributed by atoms with Gasteiger partial charge in [-0.1, -0.05) is 42.5 Å². The molecule has 9 heteroatoms. The normalized spacial score (nSPS) is 25.1. The van der Waals surface area contributed by atoms with Crippen molar-refractivity contribution in [3.8, 4) is 5.75 Å². The van der Waals surface area contributed by atoms with Gasteiger partial charge in [0.05, 0.1) is 25.8 Å². The number of amides is 1. The summed E-state index contributed by atoms with van der Waals surface area (Å²) in [6.45, 7) is 2.15. The number of benzene rings is 2. The molecular formula is C22H26N2O6S. The van der Waals surface area contributed by atoms with Crippen LogP contribution in [0.5, 0.6) is 5.75 Å². The molecule has 2 aromatic carbocycles. The fourth-order valence-corrected chi connectivity index (χ4v) is 5.55. The van der Waals surface area contributed by atoms with Gasteiger partial charge in [-0.3, -0.25) is 9.08 Å². The first-order chi connectivity index (χ1) is 14.9. The Morgan fingerprint density at radius 1 is 1.06 bits per heavy atom. The van der Waals surface area contributed by atoms with E-state index in [0.717, 1.165) is 11.1 Å². The highest BCUT2D eigenvalue weighted by Gasteiger charge is 2.52. The standard InChI is InChI=1S/C22H26N2O6S/c1-16-12-20-21(24(16)22(25)29-14-18-6-4-3-5-7-18)15-30-31(26,27)23(20)13-17-8-10-19(28-2)11-9-17/h3-11,16,20-21H,12-15H2,1-2H3/t16-,20+,21+/m1/s1. The minimum atomic E-state index is -3.90. The van der Waals surface area contributed by atoms with Gasteiger partial charge in [0.1, 0.15) is 12.4 Å². The van der Waals surface area contributed by atoms with E-state index < -0.39 is 22.4 Å². The van der Waals surface area contributed by atoms with Crippen LogP contribution in [0.15, 0.2) is 54.6 Å². The maximum absolute atomic E-state index is 12.8. The number of carbonyl (C=O) groups excluding carboxylic acids is 1. The van der Waals surface area contributed by atoms with Crippen LogP contribution in [-0.4, -0.2) is 55.6 Å². The van der Waals surface area contributed by atoms with Gasteiger partial charge in [0, 0.05) is 12.6 Å². The van der Waals surface area contributed by atoms with Gasteiger partial charge in [-0.25, -0.2) is 4.79 Å². The third-order valence-electron chi connectivity index (χ3n) is 5.82. The summed E-state index contributed by atoms with van der Waals surface area (Å²) in [5, 5.41) is 0. The largest absolute Gasteiger partial charge is 0.497 e. The summed E-state index contributed by atoms with van der Waals surface area (Å²) in [6, 6.07) is 15.7. The lowest BCUT2D eigenvalue weighted by Crippen LogP contribution is -2.56. The Bertz CT molecular complexity index is 1010. The molecule has 0 bridgehead atoms. The molecule has 0 saturated carbocycles. The van der Waals surface area contributed by atoms with E-state index in [4.69, 9.17) is 13.7 Å². The van der Waals surface area contributed by atoms with Gasteiger partial charge >= 0.3 is 16.4 Å². The number of ether oxygens (including phenoxy) is 2. The van der Waals surface area contributed by atoms with Crippen LogP contribution in [0.4, 0.5) is 4.79 Å². The van der Waals surface area contributed by atoms with Gasteiger partial charge in [0.15, 0.2) is 0 Å². The lowest BCUT2D eigenvalue weighted by molar-refractivity contribution is 0.0507. The van der Waals surface area contributed by atoms with Crippen molar-refractivity contribution in [1.82, 2.24) is 9.21 Å². The summed E-state index contributed by atoms with van der Waals surface area (Å²) in [5.41, 5.74) is 1.70. The molecule has 2 fully saturated rings. The fourth-order valence-electron chi connectivity index (χ4n) is 4.24. The number of fused-ring (bicyclic) bond motifs is 1. The third-order valence-corrected chi connectivity index (χ3v) is 7.23. The van der Waals surface area contributed by atoms with Crippen molar-refractivity contribution in [2.75, 3.05) is 13.7 Å². The van der Waals surface area contributed by atoms with E-state index in [9.17, 15) is 13.2 Å². The predicted octanol–water partition coefficient (Wildman–Crippen LogP) is 2.94. The molecule has 0 N–H and O–H groups in total. The highest BCUT2D eigenvalue weighted by atomic mass is 32.2. The molecule has 3 atom stereocenters. The topological polar surface area (TPSA) is 85.4 Å². The Balaban J connectivity index is 1.49. The van der Waals surface area contributed by atoms with Gasteiger partial charge in [-0.15, -0.1) is 0 Å². The number of rotatable bonds is 5. The first-order valence-electron chi connectivity index (χ1n) is 10.2. The number of nitrogens with zero attached hydrogens (tertiary/aromatic N) is 2. The Morgan fingerprint density at radius 2 is 1.77 bits per heavy atom. The van der Waals surface area contributed by atoms with Gasteiger partial charge in [0.25, 0.3) is 0 Å². The monoisotopic (exact) mass is 446 g/mol. The lowest BCUT2D eigenvalue weighted by Gasteiger charge is -2.38. The zero-order chi connectivity index (χ0) is 22.0. The molecule has 2 heterocycles. The van der Waals surface area contributed by atoms with Crippen molar-refractivity contribution >= 4 is 16.4 Å². The van der Waals surface area contributed by atoms with Crippen molar-refractivity contribution in [1.29, 1.82) is 0 Å². The zero-order valence-corrected chi connectivity index (χ0v) is 18.3. The number of likely N-dealkylation sites (tertiary alicyclic amines) is 1. The number of hydrogen-bond donors (Lipinski definition) is 0. The first-order valence-corrected chi connectivity index (χ1v) is 11.5. The Hall–Kier alpha value is -2.62. The third kappa shape index (κ3) is 4.53. The van der Waals surface area contributed by atoms with Crippen LogP contribution >= 0.6 is 0 Å². The number of methoxy groups -OCH3 is 1. The van der Waals surface area contributed by atoms with Crippen LogP contribution in [0.25, 0.3) is 0 Å². The molecule has 166 valence electrons. The van der Waals surface area contributed by atoms with Crippen LogP contribution in [0, 0.1) is 0 Å². The van der Waals surface area contributed by atoms with Crippen molar-refractivity contribution in [3.05, 3.63) is 65.7 Å². The molecule has 0 spiro atoms. The molecule has 0 aromatic heterocycles. The van der Waals surface area contributed by atoms with Crippen LogP contribution in [0.1, 0.15) is 24.5 Å². The Kier molecular flexibility index (Phi) is 6.17. The van der Waals surface area contributed by atoms with E-state index in [2.05, 4.69) is 0 Å². The van der Waals surface area contributed by atoms with Gasteiger partial charge in [0.2, 0.25) is 0 Å². The molecule has 2 saturated heterocycles. The van der Waals surface area contributed by atoms with Gasteiger partial charge < -0.3 is 9.47 Å². The Labute approximate surface area is 182 Å². The summed E-state index contributed by atoms with van der Waals surface area (Å²) in [5.74, 6) is 0.696. The summed E-state index contributed by atoms with van der Waals surface area (Å²) in [6.07, 6.45) is 0.0558. The quantitative estimate of drug-likeness (QED) is 0.702. The molecule has 31 heavy (non-hydrogen) atoms. The molecular weight excluding hydrogens is 420 g/mol. The summed E-state index contributed by atoms with van der Waals surface area (Å²) >= 11 is 0. The summed E-state index contributed by atoms with van der Waals surface area (Å²) in [7, 11) is -2.32. The molecule has 8 nitrogen and oxygen atoms in total. The minimum absolute atomic E-state index is 0.0725. The van der Waals surface area contributed by atoms with E-state index in [-0.39, 0.29) is 31.8 Å². The molecule has 0 unspecified atom stereocenters. The number of carbonyl (C=O) groups is 1. The van der Waals surface area contributed by atoms with Gasteiger partial charge in [-0.2, -0.15) is 12.7 Å².